The van der Waals surface area contributed by atoms with Crippen molar-refractivity contribution in [2.45, 2.75) is 58.3 Å². The van der Waals surface area contributed by atoms with E-state index in [1.165, 1.54) is 136 Å². The first-order valence-electron chi connectivity index (χ1n) is 24.4. The molecule has 0 aliphatic carbocycles. The SMILES string of the molecule is CC(C)(C)c1cc(C2c3cc4cc5c6ccccc6c6ccccc6c5cc4cc3B3c4c2cc2oc5ccccc5c2c4-c2cc4ccccc4c4c5ccccc5n3c24)cc(C(C)(C)C)c1. The van der Waals surface area contributed by atoms with E-state index in [-0.39, 0.29) is 23.6 Å². The Kier molecular flexibility index (Phi) is 7.41. The molecule has 0 radical (unpaired) electrons. The normalized spacial score (nSPS) is 14.7. The van der Waals surface area contributed by atoms with Gasteiger partial charge in [0.25, 0.3) is 0 Å². The minimum atomic E-state index is -0.0956. The van der Waals surface area contributed by atoms with Gasteiger partial charge in [-0.1, -0.05) is 181 Å². The van der Waals surface area contributed by atoms with Gasteiger partial charge in [-0.15, -0.1) is 0 Å². The van der Waals surface area contributed by atoms with Crippen molar-refractivity contribution in [3.05, 3.63) is 204 Å². The van der Waals surface area contributed by atoms with Crippen LogP contribution in [0, 0.1) is 0 Å². The van der Waals surface area contributed by atoms with Gasteiger partial charge in [0, 0.05) is 44.1 Å². The van der Waals surface area contributed by atoms with Crippen LogP contribution in [-0.4, -0.2) is 11.3 Å². The summed E-state index contributed by atoms with van der Waals surface area (Å²) < 4.78 is 9.81. The highest BCUT2D eigenvalue weighted by molar-refractivity contribution is 6.89. The molecular formula is C65H48BNO. The summed E-state index contributed by atoms with van der Waals surface area (Å²) in [4.78, 5) is 0. The van der Waals surface area contributed by atoms with Gasteiger partial charge in [-0.05, 0) is 145 Å². The van der Waals surface area contributed by atoms with E-state index in [9.17, 15) is 0 Å². The highest BCUT2D eigenvalue weighted by Crippen LogP contribution is 2.51. The van der Waals surface area contributed by atoms with Crippen LogP contribution in [0.2, 0.25) is 0 Å². The van der Waals surface area contributed by atoms with Gasteiger partial charge in [0.15, 0.2) is 0 Å². The molecule has 0 amide bonds. The molecule has 11 aromatic carbocycles. The maximum absolute atomic E-state index is 7.07. The van der Waals surface area contributed by atoms with Crippen LogP contribution in [-0.2, 0) is 10.8 Å². The molecular weight excluding hydrogens is 822 g/mol. The Hall–Kier alpha value is -7.62. The fourth-order valence-electron chi connectivity index (χ4n) is 12.9. The van der Waals surface area contributed by atoms with Crippen LogP contribution in [0.1, 0.15) is 75.3 Å². The van der Waals surface area contributed by atoms with E-state index in [2.05, 4.69) is 222 Å². The number of aromatic nitrogens is 1. The molecule has 1 atom stereocenters. The van der Waals surface area contributed by atoms with Crippen LogP contribution in [0.4, 0.5) is 0 Å². The lowest BCUT2D eigenvalue weighted by Crippen LogP contribution is -2.57. The average Bonchev–Trinajstić information content (AvgIpc) is 3.90. The quantitative estimate of drug-likeness (QED) is 0.0913. The summed E-state index contributed by atoms with van der Waals surface area (Å²) >= 11 is 0. The molecule has 2 aliphatic heterocycles. The highest BCUT2D eigenvalue weighted by atomic mass is 16.3. The highest BCUT2D eigenvalue weighted by Gasteiger charge is 2.45. The minimum Gasteiger partial charge on any atom is -0.456 e. The molecule has 0 saturated carbocycles. The molecule has 0 N–H and O–H groups in total. The molecule has 0 spiro atoms. The lowest BCUT2D eigenvalue weighted by molar-refractivity contribution is 0.566. The van der Waals surface area contributed by atoms with Crippen LogP contribution in [0.3, 0.4) is 0 Å². The Morgan fingerprint density at radius 2 is 1.00 bits per heavy atom. The first kappa shape index (κ1) is 38.5. The zero-order valence-electron chi connectivity index (χ0n) is 39.3. The fourth-order valence-corrected chi connectivity index (χ4v) is 12.9. The second-order valence-corrected chi connectivity index (χ2v) is 22.0. The Balaban J connectivity index is 1.17. The summed E-state index contributed by atoms with van der Waals surface area (Å²) in [5.74, 6) is -0.0659. The zero-order chi connectivity index (χ0) is 45.5. The van der Waals surface area contributed by atoms with E-state index >= 15 is 0 Å². The molecule has 1 unspecified atom stereocenters. The van der Waals surface area contributed by atoms with E-state index < -0.39 is 0 Å². The van der Waals surface area contributed by atoms with Gasteiger partial charge in [0.2, 0.25) is 0 Å². The van der Waals surface area contributed by atoms with Gasteiger partial charge in [-0.3, -0.25) is 0 Å². The molecule has 322 valence electrons. The molecule has 15 rings (SSSR count). The van der Waals surface area contributed by atoms with Gasteiger partial charge in [0.1, 0.15) is 11.2 Å². The van der Waals surface area contributed by atoms with Crippen LogP contribution >= 0.6 is 0 Å². The number of nitrogens with zero attached hydrogens (tertiary/aromatic N) is 1. The monoisotopic (exact) mass is 869 g/mol. The molecule has 0 saturated heterocycles. The van der Waals surface area contributed by atoms with Crippen molar-refractivity contribution in [1.29, 1.82) is 0 Å². The lowest BCUT2D eigenvalue weighted by Gasteiger charge is -2.39. The fraction of sp³-hybridized carbons (Fsp3) is 0.138. The second-order valence-electron chi connectivity index (χ2n) is 22.0. The van der Waals surface area contributed by atoms with Crippen molar-refractivity contribution in [2.75, 3.05) is 0 Å². The topological polar surface area (TPSA) is 18.1 Å². The van der Waals surface area contributed by atoms with Crippen molar-refractivity contribution >= 4 is 115 Å². The minimum absolute atomic E-state index is 0.0556. The molecule has 13 aromatic rings. The second kappa shape index (κ2) is 13.1. The number of rotatable bonds is 1. The van der Waals surface area contributed by atoms with Crippen molar-refractivity contribution in [2.24, 2.45) is 0 Å². The van der Waals surface area contributed by atoms with Gasteiger partial charge >= 0.3 is 6.85 Å². The number of fused-ring (bicyclic) bond motifs is 20. The predicted molar refractivity (Wildman–Crippen MR) is 291 cm³/mol. The van der Waals surface area contributed by atoms with Gasteiger partial charge < -0.3 is 8.90 Å². The van der Waals surface area contributed by atoms with Crippen molar-refractivity contribution in [3.8, 4) is 11.1 Å². The third-order valence-corrected chi connectivity index (χ3v) is 16.1. The number of furan rings is 1. The molecule has 0 fully saturated rings. The van der Waals surface area contributed by atoms with Crippen LogP contribution < -0.4 is 10.9 Å². The molecule has 4 heterocycles. The molecule has 2 aliphatic rings. The summed E-state index contributed by atoms with van der Waals surface area (Å²) in [6.45, 7) is 14.1. The summed E-state index contributed by atoms with van der Waals surface area (Å²) in [5.41, 5.74) is 16.4. The summed E-state index contributed by atoms with van der Waals surface area (Å²) in [5, 5.41) is 17.9. The lowest BCUT2D eigenvalue weighted by atomic mass is 9.41. The van der Waals surface area contributed by atoms with E-state index in [1.54, 1.807) is 0 Å². The Morgan fingerprint density at radius 1 is 0.441 bits per heavy atom. The average molecular weight is 870 g/mol. The van der Waals surface area contributed by atoms with E-state index in [0.717, 1.165) is 11.2 Å². The molecule has 2 aromatic heterocycles. The van der Waals surface area contributed by atoms with Crippen LogP contribution in [0.5, 0.6) is 0 Å². The van der Waals surface area contributed by atoms with Gasteiger partial charge in [-0.25, -0.2) is 0 Å². The van der Waals surface area contributed by atoms with Crippen molar-refractivity contribution in [3.63, 3.8) is 0 Å². The smallest absolute Gasteiger partial charge is 0.329 e. The van der Waals surface area contributed by atoms with Crippen molar-refractivity contribution < 1.29 is 4.42 Å². The van der Waals surface area contributed by atoms with Crippen LogP contribution in [0.15, 0.2) is 180 Å². The third kappa shape index (κ3) is 5.04. The first-order valence-corrected chi connectivity index (χ1v) is 24.4. The van der Waals surface area contributed by atoms with Crippen LogP contribution in [0.25, 0.3) is 109 Å². The Labute approximate surface area is 395 Å². The maximum Gasteiger partial charge on any atom is 0.329 e. The number of para-hydroxylation sites is 2. The number of hydrogen-bond donors (Lipinski definition) is 0. The summed E-state index contributed by atoms with van der Waals surface area (Å²) in [6.07, 6.45) is 0. The van der Waals surface area contributed by atoms with Crippen molar-refractivity contribution in [1.82, 2.24) is 4.48 Å². The Morgan fingerprint density at radius 3 is 1.66 bits per heavy atom. The standard InChI is InChI=1S/C65H48BNO/c1-64(2,3)40-27-39(28-41(34-40)65(4,5)6)58-51-32-37-30-49-45-21-11-9-19-43(45)44-20-10-12-22-46(44)50(49)31-38(37)33-54(51)66-62-52(58)35-57-60(48-24-14-16-26-56(48)68-57)61(62)53-29-36-17-7-8-18-42(36)59-47-23-13-15-25-55(47)67(66)63(53)59/h7-35,58H,1-6H3. The van der Waals surface area contributed by atoms with Gasteiger partial charge in [0.05, 0.1) is 0 Å². The van der Waals surface area contributed by atoms with Gasteiger partial charge in [-0.2, -0.15) is 0 Å². The number of benzene rings is 11. The third-order valence-electron chi connectivity index (χ3n) is 16.1. The maximum atomic E-state index is 7.07. The molecule has 3 heteroatoms. The first-order chi connectivity index (χ1) is 33.0. The number of hydrogen-bond acceptors (Lipinski definition) is 1. The summed E-state index contributed by atoms with van der Waals surface area (Å²) in [7, 11) is 0. The van der Waals surface area contributed by atoms with E-state index in [4.69, 9.17) is 4.42 Å². The summed E-state index contributed by atoms with van der Waals surface area (Å²) in [6, 6.07) is 67.5. The molecule has 0 bridgehead atoms. The molecule has 2 nitrogen and oxygen atoms in total. The van der Waals surface area contributed by atoms with E-state index in [0.29, 0.717) is 0 Å². The largest absolute Gasteiger partial charge is 0.456 e. The van der Waals surface area contributed by atoms with E-state index in [1.807, 2.05) is 0 Å². The predicted octanol–water partition coefficient (Wildman–Crippen LogP) is 16.2. The zero-order valence-corrected chi connectivity index (χ0v) is 39.3. The Bertz CT molecular complexity index is 4380. The molecule has 68 heavy (non-hydrogen) atoms.